The summed E-state index contributed by atoms with van der Waals surface area (Å²) in [6.45, 7) is 0. The lowest BCUT2D eigenvalue weighted by Gasteiger charge is -2.04. The van der Waals surface area contributed by atoms with Crippen LogP contribution in [0.1, 0.15) is 11.1 Å². The van der Waals surface area contributed by atoms with Crippen LogP contribution < -0.4 is 5.73 Å². The Balaban J connectivity index is 2.06. The number of hydrogen-bond donors (Lipinski definition) is 1. The molecule has 0 bridgehead atoms. The van der Waals surface area contributed by atoms with E-state index in [-0.39, 0.29) is 0 Å². The Morgan fingerprint density at radius 3 is 2.89 bits per heavy atom. The second-order valence-electron chi connectivity index (χ2n) is 3.67. The molecule has 2 nitrogen and oxygen atoms in total. The van der Waals surface area contributed by atoms with Crippen LogP contribution in [0.2, 0.25) is 0 Å². The number of halogens is 1. The maximum atomic E-state index is 5.60. The van der Waals surface area contributed by atoms with E-state index in [1.54, 1.807) is 18.0 Å². The summed E-state index contributed by atoms with van der Waals surface area (Å²) in [5.41, 5.74) is 7.70. The van der Waals surface area contributed by atoms with Crippen LogP contribution in [-0.2, 0) is 5.75 Å². The van der Waals surface area contributed by atoms with E-state index in [0.29, 0.717) is 4.99 Å². The molecule has 0 atom stereocenters. The van der Waals surface area contributed by atoms with Crippen LogP contribution in [0.4, 0.5) is 0 Å². The van der Waals surface area contributed by atoms with Gasteiger partial charge in [-0.3, -0.25) is 0 Å². The van der Waals surface area contributed by atoms with E-state index in [1.807, 2.05) is 24.3 Å². The van der Waals surface area contributed by atoms with Crippen molar-refractivity contribution in [3.05, 3.63) is 58.2 Å². The first-order valence-corrected chi connectivity index (χ1v) is 7.47. The van der Waals surface area contributed by atoms with Crippen LogP contribution in [0.15, 0.2) is 52.1 Å². The highest BCUT2D eigenvalue weighted by Crippen LogP contribution is 2.23. The minimum Gasteiger partial charge on any atom is -0.389 e. The zero-order valence-electron chi connectivity index (χ0n) is 9.47. The number of pyridine rings is 1. The van der Waals surface area contributed by atoms with E-state index in [4.69, 9.17) is 18.0 Å². The SMILES string of the molecule is NC(=S)c1ccnc(SCc2cccc(Br)c2)c1. The van der Waals surface area contributed by atoms with Crippen molar-refractivity contribution in [3.63, 3.8) is 0 Å². The number of rotatable bonds is 4. The highest BCUT2D eigenvalue weighted by atomic mass is 79.9. The minimum absolute atomic E-state index is 0.404. The first kappa shape index (κ1) is 13.5. The molecule has 0 amide bonds. The lowest BCUT2D eigenvalue weighted by molar-refractivity contribution is 1.13. The van der Waals surface area contributed by atoms with Gasteiger partial charge in [-0.05, 0) is 29.8 Å². The van der Waals surface area contributed by atoms with Gasteiger partial charge in [-0.15, -0.1) is 11.8 Å². The van der Waals surface area contributed by atoms with Crippen molar-refractivity contribution in [2.75, 3.05) is 0 Å². The van der Waals surface area contributed by atoms with Crippen LogP contribution >= 0.6 is 39.9 Å². The topological polar surface area (TPSA) is 38.9 Å². The minimum atomic E-state index is 0.404. The van der Waals surface area contributed by atoms with Gasteiger partial charge in [0.05, 0.1) is 5.03 Å². The molecular formula is C13H11BrN2S2. The summed E-state index contributed by atoms with van der Waals surface area (Å²) in [4.78, 5) is 4.70. The predicted octanol–water partition coefficient (Wildman–Crippen LogP) is 3.77. The van der Waals surface area contributed by atoms with Gasteiger partial charge in [0.15, 0.2) is 0 Å². The fraction of sp³-hybridized carbons (Fsp3) is 0.0769. The van der Waals surface area contributed by atoms with Gasteiger partial charge in [-0.1, -0.05) is 40.3 Å². The van der Waals surface area contributed by atoms with Gasteiger partial charge in [0.25, 0.3) is 0 Å². The van der Waals surface area contributed by atoms with Crippen molar-refractivity contribution >= 4 is 44.9 Å². The average Bonchev–Trinajstić information content (AvgIpc) is 2.37. The molecule has 0 aliphatic heterocycles. The first-order valence-electron chi connectivity index (χ1n) is 5.28. The average molecular weight is 339 g/mol. The molecule has 2 N–H and O–H groups in total. The van der Waals surface area contributed by atoms with Gasteiger partial charge in [-0.25, -0.2) is 4.98 Å². The highest BCUT2D eigenvalue weighted by molar-refractivity contribution is 9.10. The molecule has 1 aromatic carbocycles. The molecule has 1 heterocycles. The Morgan fingerprint density at radius 2 is 2.17 bits per heavy atom. The fourth-order valence-corrected chi connectivity index (χ4v) is 2.84. The smallest absolute Gasteiger partial charge is 0.104 e. The van der Waals surface area contributed by atoms with Crippen LogP contribution in [0.5, 0.6) is 0 Å². The van der Waals surface area contributed by atoms with E-state index in [2.05, 4.69) is 33.0 Å². The maximum absolute atomic E-state index is 5.60. The van der Waals surface area contributed by atoms with Crippen molar-refractivity contribution < 1.29 is 0 Å². The zero-order valence-corrected chi connectivity index (χ0v) is 12.7. The van der Waals surface area contributed by atoms with Crippen LogP contribution in [0.25, 0.3) is 0 Å². The molecular weight excluding hydrogens is 328 g/mol. The van der Waals surface area contributed by atoms with Crippen molar-refractivity contribution in [2.45, 2.75) is 10.8 Å². The van der Waals surface area contributed by atoms with Crippen molar-refractivity contribution in [1.82, 2.24) is 4.98 Å². The summed E-state index contributed by atoms with van der Waals surface area (Å²) < 4.78 is 1.09. The molecule has 0 radical (unpaired) electrons. The van der Waals surface area contributed by atoms with E-state index in [9.17, 15) is 0 Å². The molecule has 0 aliphatic rings. The molecule has 0 aliphatic carbocycles. The van der Waals surface area contributed by atoms with Gasteiger partial charge in [0.1, 0.15) is 4.99 Å². The van der Waals surface area contributed by atoms with E-state index < -0.39 is 0 Å². The van der Waals surface area contributed by atoms with Gasteiger partial charge in [0.2, 0.25) is 0 Å². The van der Waals surface area contributed by atoms with E-state index in [1.165, 1.54) is 5.56 Å². The summed E-state index contributed by atoms with van der Waals surface area (Å²) >= 11 is 10.1. The van der Waals surface area contributed by atoms with Gasteiger partial charge in [-0.2, -0.15) is 0 Å². The Kier molecular flexibility index (Phi) is 4.74. The van der Waals surface area contributed by atoms with E-state index in [0.717, 1.165) is 20.8 Å². The third-order valence-electron chi connectivity index (χ3n) is 2.30. The number of aromatic nitrogens is 1. The predicted molar refractivity (Wildman–Crippen MR) is 83.8 cm³/mol. The largest absolute Gasteiger partial charge is 0.389 e. The number of benzene rings is 1. The van der Waals surface area contributed by atoms with Gasteiger partial charge in [0, 0.05) is 22.0 Å². The Labute approximate surface area is 124 Å². The molecule has 1 aromatic heterocycles. The summed E-state index contributed by atoms with van der Waals surface area (Å²) in [7, 11) is 0. The molecule has 5 heteroatoms. The lowest BCUT2D eigenvalue weighted by atomic mass is 10.2. The van der Waals surface area contributed by atoms with E-state index >= 15 is 0 Å². The third-order valence-corrected chi connectivity index (χ3v) is 4.02. The quantitative estimate of drug-likeness (QED) is 0.680. The number of thiocarbonyl (C=S) groups is 1. The summed E-state index contributed by atoms with van der Waals surface area (Å²) in [5.74, 6) is 0.868. The molecule has 92 valence electrons. The second kappa shape index (κ2) is 6.31. The maximum Gasteiger partial charge on any atom is 0.104 e. The Morgan fingerprint density at radius 1 is 1.33 bits per heavy atom. The van der Waals surface area contributed by atoms with Crippen molar-refractivity contribution in [3.8, 4) is 0 Å². The zero-order chi connectivity index (χ0) is 13.0. The summed E-state index contributed by atoms with van der Waals surface area (Å²) in [6.07, 6.45) is 1.73. The normalized spacial score (nSPS) is 10.3. The second-order valence-corrected chi connectivity index (χ2v) is 6.02. The highest BCUT2D eigenvalue weighted by Gasteiger charge is 2.01. The Bertz CT molecular complexity index is 572. The molecule has 2 aromatic rings. The number of nitrogens with zero attached hydrogens (tertiary/aromatic N) is 1. The first-order chi connectivity index (χ1) is 8.65. The number of hydrogen-bond acceptors (Lipinski definition) is 3. The monoisotopic (exact) mass is 338 g/mol. The molecule has 2 rings (SSSR count). The standard InChI is InChI=1S/C13H11BrN2S2/c14-11-3-1-2-9(6-11)8-18-12-7-10(13(15)17)4-5-16-12/h1-7H,8H2,(H2,15,17). The van der Waals surface area contributed by atoms with Crippen molar-refractivity contribution in [2.24, 2.45) is 5.73 Å². The lowest BCUT2D eigenvalue weighted by Crippen LogP contribution is -2.09. The summed E-state index contributed by atoms with van der Waals surface area (Å²) in [5, 5.41) is 0.931. The molecule has 0 spiro atoms. The molecule has 0 saturated heterocycles. The molecule has 18 heavy (non-hydrogen) atoms. The molecule has 0 fully saturated rings. The van der Waals surface area contributed by atoms with Crippen molar-refractivity contribution in [1.29, 1.82) is 0 Å². The Hall–Kier alpha value is -0.910. The molecule has 0 unspecified atom stereocenters. The third kappa shape index (κ3) is 3.80. The van der Waals surface area contributed by atoms with Gasteiger partial charge < -0.3 is 5.73 Å². The molecule has 0 saturated carbocycles. The van der Waals surface area contributed by atoms with Crippen LogP contribution in [-0.4, -0.2) is 9.97 Å². The number of thioether (sulfide) groups is 1. The number of nitrogens with two attached hydrogens (primary N) is 1. The van der Waals surface area contributed by atoms with Crippen LogP contribution in [0.3, 0.4) is 0 Å². The van der Waals surface area contributed by atoms with Gasteiger partial charge >= 0.3 is 0 Å². The fourth-order valence-electron chi connectivity index (χ4n) is 1.43. The van der Waals surface area contributed by atoms with Crippen LogP contribution in [0, 0.1) is 0 Å². The summed E-state index contributed by atoms with van der Waals surface area (Å²) in [6, 6.07) is 12.0.